The van der Waals surface area contributed by atoms with Gasteiger partial charge in [0.1, 0.15) is 5.75 Å². The maximum absolute atomic E-state index is 14.0. The average Bonchev–Trinajstić information content (AvgIpc) is 3.30. The maximum Gasteiger partial charge on any atom is 0.266 e. The van der Waals surface area contributed by atoms with Crippen LogP contribution >= 0.6 is 31.9 Å². The van der Waals surface area contributed by atoms with Gasteiger partial charge in [-0.1, -0.05) is 56.1 Å². The van der Waals surface area contributed by atoms with Crippen LogP contribution in [-0.4, -0.2) is 41.7 Å². The molecule has 3 aromatic rings. The number of nitrogens with one attached hydrogen (secondary N) is 2. The van der Waals surface area contributed by atoms with Crippen LogP contribution in [0.4, 0.5) is 0 Å². The number of carbonyl (C=O) groups is 1. The largest absolute Gasteiger partial charge is 0.494 e. The third-order valence-corrected chi connectivity index (χ3v) is 7.12. The van der Waals surface area contributed by atoms with Gasteiger partial charge in [0.15, 0.2) is 11.6 Å². The van der Waals surface area contributed by atoms with Gasteiger partial charge in [0.2, 0.25) is 5.90 Å². The lowest BCUT2D eigenvalue weighted by Crippen LogP contribution is -2.55. The first-order chi connectivity index (χ1) is 18.3. The van der Waals surface area contributed by atoms with Gasteiger partial charge in [-0.2, -0.15) is 0 Å². The van der Waals surface area contributed by atoms with Gasteiger partial charge in [0.05, 0.1) is 6.61 Å². The van der Waals surface area contributed by atoms with Crippen molar-refractivity contribution in [3.8, 4) is 5.75 Å². The minimum atomic E-state index is -1.27. The second-order valence-electron chi connectivity index (χ2n) is 9.40. The Balaban J connectivity index is 1.76. The highest BCUT2D eigenvalue weighted by Gasteiger charge is 2.53. The Labute approximate surface area is 239 Å². The highest BCUT2D eigenvalue weighted by atomic mass is 79.9. The van der Waals surface area contributed by atoms with Gasteiger partial charge in [-0.25, -0.2) is 10.4 Å². The van der Waals surface area contributed by atoms with Gasteiger partial charge in [-0.05, 0) is 73.5 Å². The zero-order chi connectivity index (χ0) is 27.1. The molecule has 0 aliphatic carbocycles. The molecule has 0 saturated carbocycles. The molecule has 0 unspecified atom stereocenters. The Bertz CT molecular complexity index is 1250. The Hall–Kier alpha value is -2.72. The summed E-state index contributed by atoms with van der Waals surface area (Å²) >= 11 is 7.00. The number of hydrazine groups is 1. The molecule has 4 rings (SSSR count). The second kappa shape index (κ2) is 12.9. The summed E-state index contributed by atoms with van der Waals surface area (Å²) in [5, 5.41) is 8.99. The number of benzene rings is 3. The number of ether oxygens (including phenoxy) is 2. The number of rotatable bonds is 11. The summed E-state index contributed by atoms with van der Waals surface area (Å²) in [6, 6.07) is 23.1. The second-order valence-corrected chi connectivity index (χ2v) is 11.2. The van der Waals surface area contributed by atoms with Crippen molar-refractivity contribution in [3.63, 3.8) is 0 Å². The summed E-state index contributed by atoms with van der Waals surface area (Å²) in [6.45, 7) is 4.42. The predicted octanol–water partition coefficient (Wildman–Crippen LogP) is 5.50. The zero-order valence-electron chi connectivity index (χ0n) is 21.3. The lowest BCUT2D eigenvalue weighted by Gasteiger charge is -2.31. The molecule has 0 saturated heterocycles. The van der Waals surface area contributed by atoms with E-state index < -0.39 is 11.6 Å². The smallest absolute Gasteiger partial charge is 0.266 e. The van der Waals surface area contributed by atoms with E-state index in [0.29, 0.717) is 31.1 Å². The first-order valence-electron chi connectivity index (χ1n) is 12.5. The summed E-state index contributed by atoms with van der Waals surface area (Å²) in [7, 11) is 0. The summed E-state index contributed by atoms with van der Waals surface area (Å²) < 4.78 is 14.1. The number of aliphatic hydroxyl groups excluding tert-OH is 1. The van der Waals surface area contributed by atoms with Crippen LogP contribution in [0.5, 0.6) is 5.75 Å². The van der Waals surface area contributed by atoms with Gasteiger partial charge < -0.3 is 14.6 Å². The van der Waals surface area contributed by atoms with E-state index in [2.05, 4.69) is 42.7 Å². The molecule has 1 heterocycles. The van der Waals surface area contributed by atoms with Crippen LogP contribution in [0, 0.1) is 0 Å². The molecule has 3 N–H and O–H groups in total. The van der Waals surface area contributed by atoms with E-state index in [-0.39, 0.29) is 18.6 Å². The van der Waals surface area contributed by atoms with Crippen molar-refractivity contribution >= 4 is 43.7 Å². The lowest BCUT2D eigenvalue weighted by atomic mass is 9.82. The van der Waals surface area contributed by atoms with Crippen molar-refractivity contribution in [2.75, 3.05) is 13.2 Å². The van der Waals surface area contributed by atoms with Gasteiger partial charge in [0.25, 0.3) is 5.91 Å². The van der Waals surface area contributed by atoms with Crippen LogP contribution in [0.15, 0.2) is 86.7 Å². The van der Waals surface area contributed by atoms with Crippen LogP contribution < -0.4 is 15.6 Å². The normalized spacial score (nSPS) is 18.7. The summed E-state index contributed by atoms with van der Waals surface area (Å²) in [4.78, 5) is 19.0. The standard InChI is InChI=1S/C29H31Br2N3O4/c1-19(2)33-34-28(36)29(18-20-4-10-23(30)11-5-20)26(21-6-12-24(31)13-7-21)38-27(32-29)22-8-14-25(15-9-22)37-17-3-16-35/h4-15,19,26,33,35H,3,16-18H2,1-2H3,(H,34,36)/t26-,29-/m0/s1. The Morgan fingerprint density at radius 1 is 1.03 bits per heavy atom. The molecule has 0 bridgehead atoms. The fourth-order valence-electron chi connectivity index (χ4n) is 4.15. The molecule has 1 amide bonds. The van der Waals surface area contributed by atoms with E-state index in [1.54, 1.807) is 0 Å². The number of hydrogen-bond donors (Lipinski definition) is 3. The van der Waals surface area contributed by atoms with Crippen molar-refractivity contribution in [2.45, 2.75) is 44.4 Å². The van der Waals surface area contributed by atoms with Crippen molar-refractivity contribution < 1.29 is 19.4 Å². The monoisotopic (exact) mass is 643 g/mol. The van der Waals surface area contributed by atoms with Crippen LogP contribution in [0.1, 0.15) is 43.1 Å². The average molecular weight is 645 g/mol. The number of aliphatic hydroxyl groups is 1. The SMILES string of the molecule is CC(C)NNC(=O)[C@@]1(Cc2ccc(Br)cc2)N=C(c2ccc(OCCCO)cc2)O[C@H]1c1ccc(Br)cc1. The van der Waals surface area contributed by atoms with E-state index in [1.807, 2.05) is 86.6 Å². The highest BCUT2D eigenvalue weighted by Crippen LogP contribution is 2.43. The molecular formula is C29H31Br2N3O4. The third-order valence-electron chi connectivity index (χ3n) is 6.06. The number of halogens is 2. The summed E-state index contributed by atoms with van der Waals surface area (Å²) in [6.07, 6.45) is 0.229. The molecular weight excluding hydrogens is 614 g/mol. The third kappa shape index (κ3) is 6.83. The van der Waals surface area contributed by atoms with Gasteiger partial charge in [0, 0.05) is 40.0 Å². The summed E-state index contributed by atoms with van der Waals surface area (Å²) in [5.74, 6) is 0.794. The number of carbonyl (C=O) groups excluding carboxylic acids is 1. The van der Waals surface area contributed by atoms with Crippen LogP contribution in [0.2, 0.25) is 0 Å². The Morgan fingerprint density at radius 3 is 2.26 bits per heavy atom. The van der Waals surface area contributed by atoms with E-state index >= 15 is 0 Å². The van der Waals surface area contributed by atoms with E-state index in [1.165, 1.54) is 0 Å². The first-order valence-corrected chi connectivity index (χ1v) is 14.1. The zero-order valence-corrected chi connectivity index (χ0v) is 24.5. The van der Waals surface area contributed by atoms with Crippen molar-refractivity contribution in [1.82, 2.24) is 10.9 Å². The fourth-order valence-corrected chi connectivity index (χ4v) is 4.68. The Morgan fingerprint density at radius 2 is 1.66 bits per heavy atom. The van der Waals surface area contributed by atoms with Gasteiger partial charge in [-0.15, -0.1) is 0 Å². The molecule has 0 fully saturated rings. The van der Waals surface area contributed by atoms with Gasteiger partial charge in [-0.3, -0.25) is 10.2 Å². The quantitative estimate of drug-likeness (QED) is 0.189. The molecule has 0 radical (unpaired) electrons. The highest BCUT2D eigenvalue weighted by molar-refractivity contribution is 9.10. The first kappa shape index (κ1) is 28.3. The van der Waals surface area contributed by atoms with Crippen molar-refractivity contribution in [3.05, 3.63) is 98.4 Å². The lowest BCUT2D eigenvalue weighted by molar-refractivity contribution is -0.130. The molecule has 3 aromatic carbocycles. The van der Waals surface area contributed by atoms with E-state index in [9.17, 15) is 4.79 Å². The van der Waals surface area contributed by atoms with E-state index in [4.69, 9.17) is 19.6 Å². The van der Waals surface area contributed by atoms with Gasteiger partial charge >= 0.3 is 0 Å². The summed E-state index contributed by atoms with van der Waals surface area (Å²) in [5.41, 5.74) is 7.18. The molecule has 7 nitrogen and oxygen atoms in total. The van der Waals surface area contributed by atoms with Crippen molar-refractivity contribution in [2.24, 2.45) is 4.99 Å². The maximum atomic E-state index is 14.0. The van der Waals surface area contributed by atoms with Crippen LogP contribution in [-0.2, 0) is 16.0 Å². The number of hydrogen-bond acceptors (Lipinski definition) is 6. The molecule has 0 spiro atoms. The molecule has 200 valence electrons. The number of aliphatic imine (C=N–C) groups is 1. The van der Waals surface area contributed by atoms with Crippen LogP contribution in [0.3, 0.4) is 0 Å². The minimum absolute atomic E-state index is 0.0407. The molecule has 9 heteroatoms. The molecule has 0 aromatic heterocycles. The topological polar surface area (TPSA) is 92.2 Å². The van der Waals surface area contributed by atoms with E-state index in [0.717, 1.165) is 25.6 Å². The van der Waals surface area contributed by atoms with Crippen LogP contribution in [0.25, 0.3) is 0 Å². The number of amides is 1. The minimum Gasteiger partial charge on any atom is -0.494 e. The molecule has 1 aliphatic rings. The number of nitrogens with zero attached hydrogens (tertiary/aromatic N) is 1. The molecule has 1 aliphatic heterocycles. The van der Waals surface area contributed by atoms with Crippen molar-refractivity contribution in [1.29, 1.82) is 0 Å². The Kier molecular flexibility index (Phi) is 9.59. The molecule has 2 atom stereocenters. The molecule has 38 heavy (non-hydrogen) atoms. The fraction of sp³-hybridized carbons (Fsp3) is 0.310. The predicted molar refractivity (Wildman–Crippen MR) is 155 cm³/mol.